The molecule has 28 heavy (non-hydrogen) atoms. The summed E-state index contributed by atoms with van der Waals surface area (Å²) in [4.78, 5) is 30.3. The first kappa shape index (κ1) is 30.9. The number of nitrogens with two attached hydrogens (primary N) is 1. The van der Waals surface area contributed by atoms with Gasteiger partial charge in [-0.2, -0.15) is 0 Å². The van der Waals surface area contributed by atoms with Gasteiger partial charge in [0.25, 0.3) is 0 Å². The molecule has 168 valence electrons. The number of ether oxygens (including phenoxy) is 1. The molecule has 0 aliphatic rings. The van der Waals surface area contributed by atoms with Crippen molar-refractivity contribution in [2.24, 2.45) is 5.73 Å². The van der Waals surface area contributed by atoms with Crippen molar-refractivity contribution >= 4 is 17.9 Å². The molecule has 0 aliphatic carbocycles. The van der Waals surface area contributed by atoms with Crippen molar-refractivity contribution in [3.8, 4) is 0 Å². The monoisotopic (exact) mass is 414 g/mol. The second-order valence-corrected chi connectivity index (χ2v) is 5.29. The van der Waals surface area contributed by atoms with Crippen molar-refractivity contribution in [2.75, 3.05) is 39.6 Å². The predicted octanol–water partition coefficient (Wildman–Crippen LogP) is -1.93. The van der Waals surface area contributed by atoms with Crippen LogP contribution in [0.4, 0.5) is 0 Å². The van der Waals surface area contributed by atoms with Gasteiger partial charge in [-0.1, -0.05) is 6.92 Å². The van der Waals surface area contributed by atoms with Crippen LogP contribution in [-0.2, 0) is 19.1 Å². The van der Waals surface area contributed by atoms with E-state index >= 15 is 0 Å². The fraction of sp³-hybridized carbons (Fsp3) is 0.812. The Balaban J connectivity index is -0.000000343. The lowest BCUT2D eigenvalue weighted by Crippen LogP contribution is -2.37. The van der Waals surface area contributed by atoms with Gasteiger partial charge in [0.15, 0.2) is 0 Å². The number of carboxylic acid groups (broad SMARTS) is 3. The summed E-state index contributed by atoms with van der Waals surface area (Å²) in [5.41, 5.74) is 5.00. The van der Waals surface area contributed by atoms with Gasteiger partial charge in [-0.25, -0.2) is 0 Å². The first-order chi connectivity index (χ1) is 13.2. The van der Waals surface area contributed by atoms with Crippen molar-refractivity contribution < 1.29 is 49.8 Å². The number of aliphatic hydroxyl groups excluding tert-OH is 3. The molecular weight excluding hydrogens is 380 g/mol. The molecule has 0 saturated heterocycles. The molecule has 0 bridgehead atoms. The van der Waals surface area contributed by atoms with E-state index in [0.29, 0.717) is 19.8 Å². The van der Waals surface area contributed by atoms with Crippen LogP contribution in [0.2, 0.25) is 0 Å². The van der Waals surface area contributed by atoms with Crippen molar-refractivity contribution in [2.45, 2.75) is 44.7 Å². The lowest BCUT2D eigenvalue weighted by atomic mass is 10.2. The van der Waals surface area contributed by atoms with Crippen molar-refractivity contribution in [1.82, 2.24) is 5.32 Å². The van der Waals surface area contributed by atoms with E-state index in [1.807, 2.05) is 6.92 Å². The molecule has 0 amide bonds. The third kappa shape index (κ3) is 26.4. The first-order valence-electron chi connectivity index (χ1n) is 8.74. The van der Waals surface area contributed by atoms with Crippen LogP contribution in [0, 0.1) is 0 Å². The topological polar surface area (TPSA) is 220 Å². The Morgan fingerprint density at radius 1 is 0.929 bits per heavy atom. The van der Waals surface area contributed by atoms with E-state index in [1.165, 1.54) is 0 Å². The normalized spacial score (nSPS) is 11.9. The number of carboxylic acids is 3. The molecule has 12 nitrogen and oxygen atoms in total. The zero-order chi connectivity index (χ0) is 22.4. The third-order valence-corrected chi connectivity index (χ3v) is 2.81. The molecule has 0 rings (SSSR count). The van der Waals surface area contributed by atoms with Gasteiger partial charge in [-0.05, 0) is 25.8 Å². The summed E-state index contributed by atoms with van der Waals surface area (Å²) in [5.74, 6) is -3.09. The highest BCUT2D eigenvalue weighted by molar-refractivity contribution is 5.74. The fourth-order valence-corrected chi connectivity index (χ4v) is 1.39. The van der Waals surface area contributed by atoms with Crippen LogP contribution in [-0.4, -0.2) is 100 Å². The van der Waals surface area contributed by atoms with Gasteiger partial charge in [0.2, 0.25) is 0 Å². The number of rotatable bonds is 14. The predicted molar refractivity (Wildman–Crippen MR) is 98.9 cm³/mol. The molecule has 0 spiro atoms. The molecule has 0 radical (unpaired) electrons. The van der Waals surface area contributed by atoms with Crippen molar-refractivity contribution in [1.29, 1.82) is 0 Å². The second kappa shape index (κ2) is 23.2. The molecule has 0 aromatic heterocycles. The number of hydrogen-bond acceptors (Lipinski definition) is 9. The summed E-state index contributed by atoms with van der Waals surface area (Å²) >= 11 is 0. The summed E-state index contributed by atoms with van der Waals surface area (Å²) in [6, 6.07) is -1.66. The summed E-state index contributed by atoms with van der Waals surface area (Å²) in [5, 5.41) is 52.3. The van der Waals surface area contributed by atoms with Crippen LogP contribution in [0.5, 0.6) is 0 Å². The van der Waals surface area contributed by atoms with Crippen LogP contribution in [0.1, 0.15) is 32.6 Å². The van der Waals surface area contributed by atoms with Crippen LogP contribution >= 0.6 is 0 Å². The molecular formula is C16H34N2O10. The smallest absolute Gasteiger partial charge is 0.320 e. The molecule has 12 heteroatoms. The van der Waals surface area contributed by atoms with Gasteiger partial charge >= 0.3 is 17.9 Å². The molecule has 0 aromatic rings. The highest BCUT2D eigenvalue weighted by Gasteiger charge is 2.14. The summed E-state index contributed by atoms with van der Waals surface area (Å²) in [7, 11) is 0. The maximum absolute atomic E-state index is 10.4. The Hall–Kier alpha value is -1.83. The van der Waals surface area contributed by atoms with Gasteiger partial charge in [-0.3, -0.25) is 14.4 Å². The minimum atomic E-state index is -1.17. The summed E-state index contributed by atoms with van der Waals surface area (Å²) in [6.45, 7) is 3.25. The maximum Gasteiger partial charge on any atom is 0.320 e. The van der Waals surface area contributed by atoms with E-state index in [9.17, 15) is 14.4 Å². The van der Waals surface area contributed by atoms with E-state index in [-0.39, 0.29) is 39.1 Å². The average molecular weight is 414 g/mol. The summed E-state index contributed by atoms with van der Waals surface area (Å²) < 4.78 is 4.63. The van der Waals surface area contributed by atoms with Gasteiger partial charge in [0.05, 0.1) is 26.4 Å². The number of aliphatic carboxylic acids is 3. The largest absolute Gasteiger partial charge is 0.481 e. The molecule has 0 saturated carbocycles. The summed E-state index contributed by atoms with van der Waals surface area (Å²) in [6.07, 6.45) is 0.947. The van der Waals surface area contributed by atoms with E-state index in [0.717, 1.165) is 6.42 Å². The van der Waals surface area contributed by atoms with Gasteiger partial charge in [-0.15, -0.1) is 0 Å². The molecule has 2 atom stereocenters. The second-order valence-electron chi connectivity index (χ2n) is 5.29. The SMILES string of the molecule is CCCNC(CCO)C(=O)O.NC(CCC(=O)O)C(=O)O.OCCOCCO. The molecule has 0 aliphatic heterocycles. The first-order valence-corrected chi connectivity index (χ1v) is 8.74. The standard InChI is InChI=1S/C7H15NO3.C5H9NO4.C4H10O3/c1-2-4-8-6(3-5-9)7(10)11;6-3(5(9)10)1-2-4(7)8;5-1-3-7-4-2-6/h6,8-9H,2-5H2,1H3,(H,10,11);3H,1-2,6H2,(H,7,8)(H,9,10);5-6H,1-4H2. The highest BCUT2D eigenvalue weighted by Crippen LogP contribution is 1.93. The zero-order valence-corrected chi connectivity index (χ0v) is 16.1. The molecule has 2 unspecified atom stereocenters. The van der Waals surface area contributed by atoms with E-state index in [1.54, 1.807) is 0 Å². The molecule has 0 heterocycles. The van der Waals surface area contributed by atoms with Crippen LogP contribution in [0.3, 0.4) is 0 Å². The minimum Gasteiger partial charge on any atom is -0.481 e. The van der Waals surface area contributed by atoms with Crippen LogP contribution < -0.4 is 11.1 Å². The average Bonchev–Trinajstić information content (AvgIpc) is 2.64. The third-order valence-electron chi connectivity index (χ3n) is 2.81. The van der Waals surface area contributed by atoms with Crippen molar-refractivity contribution in [3.63, 3.8) is 0 Å². The van der Waals surface area contributed by atoms with E-state index < -0.39 is 30.0 Å². The number of hydrogen-bond donors (Lipinski definition) is 8. The zero-order valence-electron chi connectivity index (χ0n) is 16.1. The van der Waals surface area contributed by atoms with Crippen LogP contribution in [0.25, 0.3) is 0 Å². The lowest BCUT2D eigenvalue weighted by molar-refractivity contribution is -0.141. The van der Waals surface area contributed by atoms with E-state index in [2.05, 4.69) is 10.1 Å². The van der Waals surface area contributed by atoms with Gasteiger partial charge < -0.3 is 46.4 Å². The van der Waals surface area contributed by atoms with Gasteiger partial charge in [0, 0.05) is 13.0 Å². The Morgan fingerprint density at radius 3 is 1.79 bits per heavy atom. The number of aliphatic hydroxyl groups is 3. The Kier molecular flexibility index (Phi) is 25.6. The minimum absolute atomic E-state index is 0.0231. The Labute approximate surface area is 163 Å². The van der Waals surface area contributed by atoms with E-state index in [4.69, 9.17) is 36.4 Å². The Morgan fingerprint density at radius 2 is 1.46 bits per heavy atom. The highest BCUT2D eigenvalue weighted by atomic mass is 16.5. The van der Waals surface area contributed by atoms with Gasteiger partial charge in [0.1, 0.15) is 12.1 Å². The quantitative estimate of drug-likeness (QED) is 0.146. The maximum atomic E-state index is 10.4. The van der Waals surface area contributed by atoms with Crippen molar-refractivity contribution in [3.05, 3.63) is 0 Å². The molecule has 0 aromatic carbocycles. The van der Waals surface area contributed by atoms with Crippen LogP contribution in [0.15, 0.2) is 0 Å². The lowest BCUT2D eigenvalue weighted by Gasteiger charge is -2.11. The Bertz CT molecular complexity index is 392. The number of carbonyl (C=O) groups is 3. The molecule has 9 N–H and O–H groups in total. The number of nitrogens with one attached hydrogen (secondary N) is 1. The fourth-order valence-electron chi connectivity index (χ4n) is 1.39. The molecule has 0 fully saturated rings.